The van der Waals surface area contributed by atoms with Crippen LogP contribution < -0.4 is 9.62 Å². The molecule has 0 radical (unpaired) electrons. The van der Waals surface area contributed by atoms with E-state index >= 15 is 0 Å². The second kappa shape index (κ2) is 9.30. The fourth-order valence-corrected chi connectivity index (χ4v) is 5.71. The van der Waals surface area contributed by atoms with Crippen molar-refractivity contribution >= 4 is 49.9 Å². The van der Waals surface area contributed by atoms with E-state index in [1.165, 1.54) is 12.5 Å². The maximum absolute atomic E-state index is 13.2. The maximum Gasteiger partial charge on any atom is 0.313 e. The highest BCUT2D eigenvalue weighted by Gasteiger charge is 2.20. The Morgan fingerprint density at radius 2 is 1.72 bits per heavy atom. The Balaban J connectivity index is 1.70. The molecule has 0 aliphatic carbocycles. The second-order valence-corrected chi connectivity index (χ2v) is 10.3. The Morgan fingerprint density at radius 3 is 2.44 bits per heavy atom. The van der Waals surface area contributed by atoms with E-state index in [-0.39, 0.29) is 22.1 Å². The molecule has 3 aromatic carbocycles. The highest BCUT2D eigenvalue weighted by atomic mass is 32.2. The summed E-state index contributed by atoms with van der Waals surface area (Å²) in [5, 5.41) is 20.6. The molecule has 1 saturated heterocycles. The number of sulfonamides is 1. The number of carboxylic acid groups (broad SMARTS) is 1. The van der Waals surface area contributed by atoms with E-state index in [1.807, 2.05) is 6.07 Å². The normalized spacial score (nSPS) is 14.4. The topological polar surface area (TPSA) is 107 Å². The Hall–Kier alpha value is -2.91. The van der Waals surface area contributed by atoms with Crippen molar-refractivity contribution in [3.8, 4) is 5.75 Å². The number of nitrogens with zero attached hydrogens (tertiary/aromatic N) is 1. The van der Waals surface area contributed by atoms with Gasteiger partial charge in [-0.25, -0.2) is 8.42 Å². The van der Waals surface area contributed by atoms with Crippen molar-refractivity contribution in [2.75, 3.05) is 28.5 Å². The Labute approximate surface area is 191 Å². The Bertz CT molecular complexity index is 1250. The van der Waals surface area contributed by atoms with Gasteiger partial charge in [0.2, 0.25) is 0 Å². The summed E-state index contributed by atoms with van der Waals surface area (Å²) < 4.78 is 29.1. The SMILES string of the molecule is O=C(O)CSc1cc(NS(=O)(=O)c2cccc(N3CCCCC3)c2)c2ccccc2c1O. The van der Waals surface area contributed by atoms with Crippen molar-refractivity contribution < 1.29 is 23.4 Å². The first kappa shape index (κ1) is 22.3. The van der Waals surface area contributed by atoms with Crippen molar-refractivity contribution in [3.05, 3.63) is 54.6 Å². The molecule has 32 heavy (non-hydrogen) atoms. The fraction of sp³-hybridized carbons (Fsp3) is 0.261. The number of rotatable bonds is 7. The Morgan fingerprint density at radius 1 is 1.00 bits per heavy atom. The van der Waals surface area contributed by atoms with Gasteiger partial charge in [0.15, 0.2) is 0 Å². The first-order valence-electron chi connectivity index (χ1n) is 10.3. The molecule has 0 aromatic heterocycles. The third kappa shape index (κ3) is 4.78. The van der Waals surface area contributed by atoms with Gasteiger partial charge >= 0.3 is 5.97 Å². The summed E-state index contributed by atoms with van der Waals surface area (Å²) in [5.74, 6) is -1.35. The summed E-state index contributed by atoms with van der Waals surface area (Å²) in [4.78, 5) is 13.6. The predicted octanol–water partition coefficient (Wildman–Crippen LogP) is 4.51. The third-order valence-electron chi connectivity index (χ3n) is 5.43. The van der Waals surface area contributed by atoms with Crippen molar-refractivity contribution in [3.63, 3.8) is 0 Å². The molecule has 0 saturated carbocycles. The molecule has 3 N–H and O–H groups in total. The summed E-state index contributed by atoms with van der Waals surface area (Å²) in [7, 11) is -3.91. The number of phenolic OH excluding ortho intramolecular Hbond substituents is 1. The molecule has 168 valence electrons. The quantitative estimate of drug-likeness (QED) is 0.343. The second-order valence-electron chi connectivity index (χ2n) is 7.65. The first-order valence-corrected chi connectivity index (χ1v) is 12.8. The molecular weight excluding hydrogens is 448 g/mol. The summed E-state index contributed by atoms with van der Waals surface area (Å²) in [5.41, 5.74) is 1.16. The largest absolute Gasteiger partial charge is 0.506 e. The van der Waals surface area contributed by atoms with Gasteiger partial charge in [0.05, 0.1) is 21.2 Å². The summed E-state index contributed by atoms with van der Waals surface area (Å²) >= 11 is 0.936. The van der Waals surface area contributed by atoms with Crippen LogP contribution >= 0.6 is 11.8 Å². The van der Waals surface area contributed by atoms with Gasteiger partial charge in [-0.1, -0.05) is 30.3 Å². The van der Waals surface area contributed by atoms with Crippen molar-refractivity contribution in [2.24, 2.45) is 0 Å². The number of phenols is 1. The molecule has 1 aliphatic heterocycles. The number of thioether (sulfide) groups is 1. The zero-order valence-electron chi connectivity index (χ0n) is 17.3. The molecule has 0 spiro atoms. The number of piperidine rings is 1. The minimum atomic E-state index is -3.91. The number of nitrogens with one attached hydrogen (secondary N) is 1. The van der Waals surface area contributed by atoms with Crippen LogP contribution in [0.2, 0.25) is 0 Å². The minimum absolute atomic E-state index is 0.0677. The van der Waals surface area contributed by atoms with Gasteiger partial charge in [-0.05, 0) is 43.5 Å². The summed E-state index contributed by atoms with van der Waals surface area (Å²) in [6.07, 6.45) is 3.36. The lowest BCUT2D eigenvalue weighted by molar-refractivity contribution is -0.133. The average molecular weight is 473 g/mol. The van der Waals surface area contributed by atoms with Crippen LogP contribution in [0.15, 0.2) is 64.4 Å². The highest BCUT2D eigenvalue weighted by Crippen LogP contribution is 2.40. The molecule has 1 aliphatic rings. The number of carbonyl (C=O) groups is 1. The number of aliphatic carboxylic acids is 1. The molecule has 9 heteroatoms. The number of aromatic hydroxyl groups is 1. The standard InChI is InChI=1S/C23H24N2O5S2/c26-22(27)15-31-21-14-20(18-9-2-3-10-19(18)23(21)28)24-32(29,30)17-8-6-7-16(13-17)25-11-4-1-5-12-25/h2-3,6-10,13-14,24,28H,1,4-5,11-12,15H2,(H,26,27). The predicted molar refractivity (Wildman–Crippen MR) is 127 cm³/mol. The van der Waals surface area contributed by atoms with E-state index in [4.69, 9.17) is 5.11 Å². The Kier molecular flexibility index (Phi) is 6.48. The van der Waals surface area contributed by atoms with Crippen LogP contribution in [-0.4, -0.2) is 43.4 Å². The van der Waals surface area contributed by atoms with Crippen LogP contribution in [0.5, 0.6) is 5.75 Å². The van der Waals surface area contributed by atoms with Gasteiger partial charge in [0.1, 0.15) is 5.75 Å². The highest BCUT2D eigenvalue weighted by molar-refractivity contribution is 8.00. The van der Waals surface area contributed by atoms with E-state index in [0.717, 1.165) is 43.4 Å². The third-order valence-corrected chi connectivity index (χ3v) is 7.80. The van der Waals surface area contributed by atoms with Crippen LogP contribution in [-0.2, 0) is 14.8 Å². The van der Waals surface area contributed by atoms with E-state index in [0.29, 0.717) is 15.7 Å². The lowest BCUT2D eigenvalue weighted by Gasteiger charge is -2.29. The average Bonchev–Trinajstić information content (AvgIpc) is 2.80. The van der Waals surface area contributed by atoms with Crippen molar-refractivity contribution in [2.45, 2.75) is 29.1 Å². The maximum atomic E-state index is 13.2. The van der Waals surface area contributed by atoms with Gasteiger partial charge in [0.25, 0.3) is 10.0 Å². The van der Waals surface area contributed by atoms with Gasteiger partial charge in [-0.2, -0.15) is 0 Å². The number of hydrogen-bond acceptors (Lipinski definition) is 6. The van der Waals surface area contributed by atoms with Crippen molar-refractivity contribution in [1.29, 1.82) is 0 Å². The van der Waals surface area contributed by atoms with Gasteiger partial charge in [0, 0.05) is 29.5 Å². The number of anilines is 2. The molecule has 0 amide bonds. The number of hydrogen-bond donors (Lipinski definition) is 3. The van der Waals surface area contributed by atoms with E-state index in [2.05, 4.69) is 9.62 Å². The molecular formula is C23H24N2O5S2. The number of fused-ring (bicyclic) bond motifs is 1. The molecule has 3 aromatic rings. The van der Waals surface area contributed by atoms with Gasteiger partial charge in [-0.15, -0.1) is 11.8 Å². The van der Waals surface area contributed by atoms with E-state index in [9.17, 15) is 18.3 Å². The van der Waals surface area contributed by atoms with Crippen molar-refractivity contribution in [1.82, 2.24) is 0 Å². The van der Waals surface area contributed by atoms with Crippen LogP contribution in [0.3, 0.4) is 0 Å². The molecule has 0 bridgehead atoms. The fourth-order valence-electron chi connectivity index (χ4n) is 3.87. The molecule has 1 heterocycles. The van der Waals surface area contributed by atoms with Crippen LogP contribution in [0.25, 0.3) is 10.8 Å². The van der Waals surface area contributed by atoms with Gasteiger partial charge < -0.3 is 15.1 Å². The van der Waals surface area contributed by atoms with E-state index < -0.39 is 16.0 Å². The summed E-state index contributed by atoms with van der Waals surface area (Å²) in [6.45, 7) is 1.81. The molecule has 7 nitrogen and oxygen atoms in total. The number of carboxylic acids is 1. The van der Waals surface area contributed by atoms with E-state index in [1.54, 1.807) is 42.5 Å². The van der Waals surface area contributed by atoms with Gasteiger partial charge in [-0.3, -0.25) is 9.52 Å². The zero-order chi connectivity index (χ0) is 22.7. The smallest absolute Gasteiger partial charge is 0.313 e. The van der Waals surface area contributed by atoms with Crippen LogP contribution in [0.1, 0.15) is 19.3 Å². The zero-order valence-corrected chi connectivity index (χ0v) is 19.0. The lowest BCUT2D eigenvalue weighted by atomic mass is 10.1. The van der Waals surface area contributed by atoms with Crippen LogP contribution in [0.4, 0.5) is 11.4 Å². The molecule has 1 fully saturated rings. The first-order chi connectivity index (χ1) is 15.3. The minimum Gasteiger partial charge on any atom is -0.506 e. The number of benzene rings is 3. The van der Waals surface area contributed by atoms with Crippen LogP contribution in [0, 0.1) is 0 Å². The molecule has 0 atom stereocenters. The summed E-state index contributed by atoms with van der Waals surface area (Å²) in [6, 6.07) is 15.2. The monoisotopic (exact) mass is 472 g/mol. The molecule has 4 rings (SSSR count). The molecule has 0 unspecified atom stereocenters. The lowest BCUT2D eigenvalue weighted by Crippen LogP contribution is -2.29.